The average molecular weight is 634 g/mol. The summed E-state index contributed by atoms with van der Waals surface area (Å²) < 4.78 is 48.5. The number of piperidine rings is 1. The molecule has 1 N–H and O–H groups in total. The molecule has 0 aliphatic carbocycles. The molecule has 0 unspecified atom stereocenters. The molecule has 2 aromatic heterocycles. The lowest BCUT2D eigenvalue weighted by Gasteiger charge is -2.38. The Hall–Kier alpha value is -3.62. The minimum absolute atomic E-state index is 0.0440. The van der Waals surface area contributed by atoms with E-state index in [4.69, 9.17) is 9.72 Å². The van der Waals surface area contributed by atoms with Crippen LogP contribution >= 0.6 is 11.3 Å². The Morgan fingerprint density at radius 2 is 1.89 bits per heavy atom. The van der Waals surface area contributed by atoms with E-state index in [0.29, 0.717) is 53.3 Å². The Labute approximate surface area is 256 Å². The Kier molecular flexibility index (Phi) is 9.23. The first-order valence-corrected chi connectivity index (χ1v) is 15.2. The van der Waals surface area contributed by atoms with Gasteiger partial charge in [-0.3, -0.25) is 9.69 Å². The molecular weight excluding hydrogens is 599 g/mol. The van der Waals surface area contributed by atoms with Crippen LogP contribution in [0.5, 0.6) is 5.75 Å². The molecule has 3 aromatic rings. The maximum atomic E-state index is 13.2. The fourth-order valence-corrected chi connectivity index (χ4v) is 6.87. The van der Waals surface area contributed by atoms with Gasteiger partial charge in [0.15, 0.2) is 11.4 Å². The molecule has 2 fully saturated rings. The van der Waals surface area contributed by atoms with Gasteiger partial charge in [-0.15, -0.1) is 24.5 Å². The standard InChI is InChI=1S/C30H34F3N5O5S/c1-18-11-20(13-21(12-18)43-30(31,32)33)27-24(17-38-8-4-5-19(38)2)44-26(36-27)14-23(39)22-15-35-25(16-34-22)37-9-6-29(42-3,7-10-37)28(40)41/h11-13,15-16,19H,4-10,14,17H2,1-3H3,(H,40,41)/t19-/m1/s1. The number of hydrogen-bond donors (Lipinski definition) is 1. The number of carboxylic acid groups (broad SMARTS) is 1. The smallest absolute Gasteiger partial charge is 0.479 e. The minimum atomic E-state index is -4.82. The molecule has 2 saturated heterocycles. The fourth-order valence-electron chi connectivity index (χ4n) is 5.76. The lowest BCUT2D eigenvalue weighted by molar-refractivity contribution is -0.274. The van der Waals surface area contributed by atoms with Crippen molar-refractivity contribution < 1.29 is 37.3 Å². The number of ether oxygens (including phenoxy) is 2. The summed E-state index contributed by atoms with van der Waals surface area (Å²) >= 11 is 1.37. The number of anilines is 1. The molecule has 0 amide bonds. The molecule has 1 aromatic carbocycles. The highest BCUT2D eigenvalue weighted by Gasteiger charge is 2.42. The van der Waals surface area contributed by atoms with Crippen molar-refractivity contribution in [2.24, 2.45) is 0 Å². The first-order valence-electron chi connectivity index (χ1n) is 14.3. The van der Waals surface area contributed by atoms with Crippen LogP contribution < -0.4 is 9.64 Å². The van der Waals surface area contributed by atoms with Crippen LogP contribution in [-0.2, 0) is 22.5 Å². The highest BCUT2D eigenvalue weighted by Crippen LogP contribution is 2.36. The number of methoxy groups -OCH3 is 1. The second kappa shape index (κ2) is 12.8. The van der Waals surface area contributed by atoms with Crippen LogP contribution in [0.1, 0.15) is 58.5 Å². The van der Waals surface area contributed by atoms with Crippen LogP contribution in [0.25, 0.3) is 11.3 Å². The van der Waals surface area contributed by atoms with Gasteiger partial charge >= 0.3 is 12.3 Å². The van der Waals surface area contributed by atoms with Gasteiger partial charge in [0, 0.05) is 56.1 Å². The lowest BCUT2D eigenvalue weighted by atomic mass is 9.91. The molecule has 0 spiro atoms. The highest BCUT2D eigenvalue weighted by atomic mass is 32.1. The van der Waals surface area contributed by atoms with Gasteiger partial charge in [-0.1, -0.05) is 0 Å². The molecule has 236 valence electrons. The number of halogens is 3. The number of carbonyl (C=O) groups excluding carboxylic acids is 1. The van der Waals surface area contributed by atoms with Gasteiger partial charge in [0.1, 0.15) is 22.3 Å². The third-order valence-electron chi connectivity index (χ3n) is 8.25. The summed E-state index contributed by atoms with van der Waals surface area (Å²) in [5.74, 6) is -1.07. The van der Waals surface area contributed by atoms with Crippen LogP contribution in [0, 0.1) is 6.92 Å². The number of carboxylic acids is 1. The summed E-state index contributed by atoms with van der Waals surface area (Å²) in [6.45, 7) is 6.14. The zero-order valence-corrected chi connectivity index (χ0v) is 25.5. The normalized spacial score (nSPS) is 18.9. The van der Waals surface area contributed by atoms with Crippen LogP contribution in [0.2, 0.25) is 0 Å². The van der Waals surface area contributed by atoms with E-state index in [-0.39, 0.29) is 36.5 Å². The van der Waals surface area contributed by atoms with E-state index >= 15 is 0 Å². The van der Waals surface area contributed by atoms with E-state index < -0.39 is 17.9 Å². The Balaban J connectivity index is 1.34. The SMILES string of the molecule is COC1(C(=O)O)CCN(c2cnc(C(=O)Cc3nc(-c4cc(C)cc(OC(F)(F)F)c4)c(CN4CCC[C@H]4C)s3)cn2)CC1. The number of likely N-dealkylation sites (tertiary alicyclic amines) is 1. The molecule has 14 heteroatoms. The average Bonchev–Trinajstić information content (AvgIpc) is 3.57. The van der Waals surface area contributed by atoms with Crippen LogP contribution in [0.4, 0.5) is 19.0 Å². The number of rotatable bonds is 10. The highest BCUT2D eigenvalue weighted by molar-refractivity contribution is 7.12. The fraction of sp³-hybridized carbons (Fsp3) is 0.500. The van der Waals surface area contributed by atoms with Gasteiger partial charge in [-0.25, -0.2) is 19.7 Å². The molecule has 10 nitrogen and oxygen atoms in total. The molecule has 2 aliphatic rings. The number of alkyl halides is 3. The predicted molar refractivity (Wildman–Crippen MR) is 157 cm³/mol. The molecule has 4 heterocycles. The zero-order chi connectivity index (χ0) is 31.6. The van der Waals surface area contributed by atoms with Crippen LogP contribution in [0.3, 0.4) is 0 Å². The Bertz CT molecular complexity index is 1510. The summed E-state index contributed by atoms with van der Waals surface area (Å²) in [6.07, 6.45) is 0.730. The van der Waals surface area contributed by atoms with E-state index in [0.717, 1.165) is 24.3 Å². The topological polar surface area (TPSA) is 118 Å². The Morgan fingerprint density at radius 3 is 2.48 bits per heavy atom. The molecule has 44 heavy (non-hydrogen) atoms. The van der Waals surface area contributed by atoms with Gasteiger partial charge in [0.25, 0.3) is 0 Å². The number of Topliss-reactive ketones (excluding diaryl/α,β-unsaturated/α-hetero) is 1. The van der Waals surface area contributed by atoms with E-state index in [9.17, 15) is 27.9 Å². The molecular formula is C30H34F3N5O5S. The molecule has 0 saturated carbocycles. The summed E-state index contributed by atoms with van der Waals surface area (Å²) in [5, 5.41) is 10.1. The number of aliphatic carboxylic acids is 1. The van der Waals surface area contributed by atoms with Crippen molar-refractivity contribution in [1.82, 2.24) is 19.9 Å². The molecule has 5 rings (SSSR count). The van der Waals surface area contributed by atoms with Crippen molar-refractivity contribution in [3.8, 4) is 17.0 Å². The van der Waals surface area contributed by atoms with Crippen LogP contribution in [-0.4, -0.2) is 81.5 Å². The van der Waals surface area contributed by atoms with Crippen LogP contribution in [0.15, 0.2) is 30.6 Å². The van der Waals surface area contributed by atoms with Crippen molar-refractivity contribution in [1.29, 1.82) is 0 Å². The largest absolute Gasteiger partial charge is 0.573 e. The number of nitrogens with zero attached hydrogens (tertiary/aromatic N) is 5. The molecule has 2 aliphatic heterocycles. The quantitative estimate of drug-likeness (QED) is 0.295. The first-order chi connectivity index (χ1) is 20.9. The maximum Gasteiger partial charge on any atom is 0.573 e. The predicted octanol–water partition coefficient (Wildman–Crippen LogP) is 5.29. The molecule has 0 radical (unpaired) electrons. The van der Waals surface area contributed by atoms with Crippen molar-refractivity contribution >= 4 is 28.9 Å². The van der Waals surface area contributed by atoms with E-state index in [1.165, 1.54) is 43.0 Å². The summed E-state index contributed by atoms with van der Waals surface area (Å²) in [5.41, 5.74) is 0.557. The van der Waals surface area contributed by atoms with E-state index in [1.54, 1.807) is 13.0 Å². The van der Waals surface area contributed by atoms with Crippen molar-refractivity contribution in [3.05, 3.63) is 51.7 Å². The summed E-state index contributed by atoms with van der Waals surface area (Å²) in [7, 11) is 1.39. The van der Waals surface area contributed by atoms with Crippen molar-refractivity contribution in [2.45, 2.75) is 70.5 Å². The lowest BCUT2D eigenvalue weighted by Crippen LogP contribution is -2.51. The maximum absolute atomic E-state index is 13.2. The number of ketones is 1. The number of benzene rings is 1. The second-order valence-electron chi connectivity index (χ2n) is 11.3. The third kappa shape index (κ3) is 7.19. The number of hydrogen-bond acceptors (Lipinski definition) is 10. The van der Waals surface area contributed by atoms with Gasteiger partial charge in [-0.2, -0.15) is 0 Å². The second-order valence-corrected chi connectivity index (χ2v) is 12.4. The Morgan fingerprint density at radius 1 is 1.14 bits per heavy atom. The number of carbonyl (C=O) groups is 2. The monoisotopic (exact) mass is 633 g/mol. The summed E-state index contributed by atoms with van der Waals surface area (Å²) in [6, 6.07) is 4.78. The molecule has 0 bridgehead atoms. The number of aromatic nitrogens is 3. The van der Waals surface area contributed by atoms with E-state index in [2.05, 4.69) is 26.5 Å². The van der Waals surface area contributed by atoms with Gasteiger partial charge < -0.3 is 19.5 Å². The summed E-state index contributed by atoms with van der Waals surface area (Å²) in [4.78, 5) is 43.4. The van der Waals surface area contributed by atoms with E-state index in [1.807, 2.05) is 4.90 Å². The van der Waals surface area contributed by atoms with Crippen molar-refractivity contribution in [2.75, 3.05) is 31.6 Å². The minimum Gasteiger partial charge on any atom is -0.479 e. The zero-order valence-electron chi connectivity index (χ0n) is 24.7. The van der Waals surface area contributed by atoms with Gasteiger partial charge in [-0.05, 0) is 57.0 Å². The first kappa shape index (κ1) is 31.8. The van der Waals surface area contributed by atoms with Gasteiger partial charge in [0.05, 0.1) is 24.5 Å². The molecule has 1 atom stereocenters. The number of aryl methyl sites for hydroxylation is 1. The number of thiazole rings is 1. The third-order valence-corrected chi connectivity index (χ3v) is 9.29. The van der Waals surface area contributed by atoms with Crippen molar-refractivity contribution in [3.63, 3.8) is 0 Å². The van der Waals surface area contributed by atoms with Gasteiger partial charge in [0.2, 0.25) is 0 Å².